The summed E-state index contributed by atoms with van der Waals surface area (Å²) in [5, 5.41) is 6.97. The molecular weight excluding hydrogens is 434 g/mol. The summed E-state index contributed by atoms with van der Waals surface area (Å²) in [6.07, 6.45) is 6.46. The van der Waals surface area contributed by atoms with Gasteiger partial charge in [0.2, 0.25) is 5.91 Å². The second-order valence-corrected chi connectivity index (χ2v) is 8.66. The average molecular weight is 464 g/mol. The zero-order valence-electron chi connectivity index (χ0n) is 19.3. The van der Waals surface area contributed by atoms with Crippen LogP contribution in [0, 0.1) is 0 Å². The van der Waals surface area contributed by atoms with E-state index in [1.807, 2.05) is 43.3 Å². The molecule has 0 bridgehead atoms. The highest BCUT2D eigenvalue weighted by atomic mass is 32.1. The molecule has 33 heavy (non-hydrogen) atoms. The lowest BCUT2D eigenvalue weighted by atomic mass is 9.98. The highest BCUT2D eigenvalue weighted by molar-refractivity contribution is 7.80. The maximum atomic E-state index is 11.9. The van der Waals surface area contributed by atoms with Gasteiger partial charge in [-0.15, -0.1) is 0 Å². The number of methoxy groups -OCH3 is 1. The number of rotatable bonds is 7. The van der Waals surface area contributed by atoms with Crippen molar-refractivity contribution >= 4 is 34.6 Å². The normalized spacial score (nSPS) is 17.8. The molecule has 2 N–H and O–H groups in total. The second-order valence-electron chi connectivity index (χ2n) is 8.27. The lowest BCUT2D eigenvalue weighted by Crippen LogP contribution is -2.29. The summed E-state index contributed by atoms with van der Waals surface area (Å²) in [5.74, 6) is 0.513. The van der Waals surface area contributed by atoms with E-state index in [2.05, 4.69) is 57.4 Å². The molecule has 8 heteroatoms. The minimum Gasteiger partial charge on any atom is -0.494 e. The fourth-order valence-corrected chi connectivity index (χ4v) is 4.42. The Morgan fingerprint density at radius 1 is 1.27 bits per heavy atom. The molecule has 0 aliphatic carbocycles. The van der Waals surface area contributed by atoms with E-state index in [9.17, 15) is 4.79 Å². The molecule has 1 fully saturated rings. The minimum atomic E-state index is -0.118. The van der Waals surface area contributed by atoms with Gasteiger partial charge in [0.25, 0.3) is 0 Å². The maximum Gasteiger partial charge on any atom is 0.224 e. The van der Waals surface area contributed by atoms with Crippen LogP contribution in [0.3, 0.4) is 0 Å². The Kier molecular flexibility index (Phi) is 6.65. The van der Waals surface area contributed by atoms with Crippen LogP contribution in [0.5, 0.6) is 5.75 Å². The van der Waals surface area contributed by atoms with Gasteiger partial charge in [0.15, 0.2) is 5.11 Å². The number of amides is 1. The van der Waals surface area contributed by atoms with E-state index < -0.39 is 0 Å². The van der Waals surface area contributed by atoms with Gasteiger partial charge >= 0.3 is 0 Å². The molecule has 2 atom stereocenters. The van der Waals surface area contributed by atoms with Crippen molar-refractivity contribution in [3.05, 3.63) is 72.3 Å². The van der Waals surface area contributed by atoms with Crippen LogP contribution in [0.4, 0.5) is 11.4 Å². The molecule has 0 radical (unpaired) electrons. The molecule has 172 valence electrons. The number of pyridine rings is 1. The number of thiocarbonyl (C=S) groups is 1. The van der Waals surface area contributed by atoms with E-state index in [1.165, 1.54) is 0 Å². The third-order valence-corrected chi connectivity index (χ3v) is 6.15. The van der Waals surface area contributed by atoms with Crippen LogP contribution in [-0.4, -0.2) is 27.7 Å². The average Bonchev–Trinajstić information content (AvgIpc) is 3.44. The van der Waals surface area contributed by atoms with Crippen LogP contribution in [-0.2, 0) is 4.79 Å². The molecule has 1 aromatic carbocycles. The number of nitrogens with one attached hydrogen (secondary N) is 2. The van der Waals surface area contributed by atoms with E-state index in [1.54, 1.807) is 13.3 Å². The zero-order valence-corrected chi connectivity index (χ0v) is 20.1. The molecule has 1 amide bonds. The largest absolute Gasteiger partial charge is 0.494 e. The van der Waals surface area contributed by atoms with E-state index in [0.29, 0.717) is 29.0 Å². The van der Waals surface area contributed by atoms with E-state index in [0.717, 1.165) is 16.9 Å². The van der Waals surface area contributed by atoms with Crippen LogP contribution < -0.4 is 20.3 Å². The van der Waals surface area contributed by atoms with Gasteiger partial charge in [-0.05, 0) is 62.0 Å². The summed E-state index contributed by atoms with van der Waals surface area (Å²) in [7, 11) is 1.60. The number of carbonyl (C=O) groups excluding carboxylic acids is 1. The van der Waals surface area contributed by atoms with Crippen molar-refractivity contribution in [1.29, 1.82) is 0 Å². The monoisotopic (exact) mass is 463 g/mol. The summed E-state index contributed by atoms with van der Waals surface area (Å²) in [6.45, 7) is 6.13. The Balaban J connectivity index is 1.78. The topological polar surface area (TPSA) is 71.4 Å². The zero-order chi connectivity index (χ0) is 23.5. The van der Waals surface area contributed by atoms with Crippen molar-refractivity contribution in [2.75, 3.05) is 17.3 Å². The fourth-order valence-electron chi connectivity index (χ4n) is 4.07. The number of hydrogen-bond acceptors (Lipinski definition) is 4. The Bertz CT molecular complexity index is 1140. The van der Waals surface area contributed by atoms with Gasteiger partial charge in [-0.1, -0.05) is 13.0 Å². The van der Waals surface area contributed by atoms with Gasteiger partial charge in [-0.25, -0.2) is 0 Å². The molecule has 4 rings (SSSR count). The Labute approximate surface area is 199 Å². The van der Waals surface area contributed by atoms with Gasteiger partial charge in [0, 0.05) is 42.8 Å². The Hall–Kier alpha value is -3.39. The summed E-state index contributed by atoms with van der Waals surface area (Å²) in [6, 6.07) is 13.9. The number of anilines is 2. The van der Waals surface area contributed by atoms with Crippen molar-refractivity contribution in [2.45, 2.75) is 45.3 Å². The number of aromatic nitrogens is 2. The predicted molar refractivity (Wildman–Crippen MR) is 135 cm³/mol. The van der Waals surface area contributed by atoms with Crippen LogP contribution >= 0.6 is 12.2 Å². The predicted octanol–water partition coefficient (Wildman–Crippen LogP) is 5.00. The molecule has 3 heterocycles. The molecule has 3 aromatic rings. The van der Waals surface area contributed by atoms with Crippen LogP contribution in [0.1, 0.15) is 56.6 Å². The molecule has 2 aromatic heterocycles. The number of carbonyl (C=O) groups is 1. The molecule has 0 saturated carbocycles. The standard InChI is InChI=1S/C25H29N5O2S/c1-5-22(31)27-19-10-9-18(14-21(19)32-4)30-24(17-11-13-29(15-17)16(2)3)23(28-25(30)33)20-8-6-7-12-26-20/h6-16,23-24H,5H2,1-4H3,(H,27,31)(H,28,33)/t23-,24-/m0/s1. The van der Waals surface area contributed by atoms with Crippen molar-refractivity contribution in [1.82, 2.24) is 14.9 Å². The first-order valence-electron chi connectivity index (χ1n) is 11.1. The second kappa shape index (κ2) is 9.62. The van der Waals surface area contributed by atoms with Crippen molar-refractivity contribution < 1.29 is 9.53 Å². The van der Waals surface area contributed by atoms with Crippen molar-refractivity contribution in [3.63, 3.8) is 0 Å². The number of benzene rings is 1. The molecule has 7 nitrogen and oxygen atoms in total. The van der Waals surface area contributed by atoms with E-state index in [-0.39, 0.29) is 18.0 Å². The number of nitrogens with zero attached hydrogens (tertiary/aromatic N) is 3. The fraction of sp³-hybridized carbons (Fsp3) is 0.320. The quantitative estimate of drug-likeness (QED) is 0.481. The summed E-state index contributed by atoms with van der Waals surface area (Å²) >= 11 is 5.81. The molecule has 1 aliphatic heterocycles. The first kappa shape index (κ1) is 22.8. The van der Waals surface area contributed by atoms with Crippen LogP contribution in [0.25, 0.3) is 0 Å². The molecular formula is C25H29N5O2S. The van der Waals surface area contributed by atoms with Crippen LogP contribution in [0.15, 0.2) is 61.1 Å². The van der Waals surface area contributed by atoms with Gasteiger partial charge in [-0.2, -0.15) is 0 Å². The lowest BCUT2D eigenvalue weighted by Gasteiger charge is -2.28. The van der Waals surface area contributed by atoms with Gasteiger partial charge < -0.3 is 24.8 Å². The van der Waals surface area contributed by atoms with Gasteiger partial charge in [0.1, 0.15) is 5.75 Å². The first-order valence-corrected chi connectivity index (χ1v) is 11.5. The van der Waals surface area contributed by atoms with Gasteiger partial charge in [-0.3, -0.25) is 9.78 Å². The molecule has 1 saturated heterocycles. The van der Waals surface area contributed by atoms with Crippen LogP contribution in [0.2, 0.25) is 0 Å². The third-order valence-electron chi connectivity index (χ3n) is 5.83. The highest BCUT2D eigenvalue weighted by Crippen LogP contribution is 2.43. The summed E-state index contributed by atoms with van der Waals surface area (Å²) in [4.78, 5) is 18.6. The third kappa shape index (κ3) is 4.57. The minimum absolute atomic E-state index is 0.0671. The Morgan fingerprint density at radius 2 is 2.09 bits per heavy atom. The summed E-state index contributed by atoms with van der Waals surface area (Å²) in [5.41, 5.74) is 3.56. The molecule has 0 spiro atoms. The lowest BCUT2D eigenvalue weighted by molar-refractivity contribution is -0.115. The highest BCUT2D eigenvalue weighted by Gasteiger charge is 2.41. The van der Waals surface area contributed by atoms with E-state index >= 15 is 0 Å². The number of hydrogen-bond donors (Lipinski definition) is 2. The summed E-state index contributed by atoms with van der Waals surface area (Å²) < 4.78 is 7.78. The van der Waals surface area contributed by atoms with Crippen molar-refractivity contribution in [2.24, 2.45) is 0 Å². The number of ether oxygens (including phenoxy) is 1. The smallest absolute Gasteiger partial charge is 0.224 e. The van der Waals surface area contributed by atoms with Gasteiger partial charge in [0.05, 0.1) is 30.6 Å². The molecule has 1 aliphatic rings. The SMILES string of the molecule is CCC(=O)Nc1ccc(N2C(=S)N[C@@H](c3ccccn3)[C@@H]2c2ccn(C(C)C)c2)cc1OC. The van der Waals surface area contributed by atoms with Crippen molar-refractivity contribution in [3.8, 4) is 5.75 Å². The Morgan fingerprint density at radius 3 is 2.73 bits per heavy atom. The van der Waals surface area contributed by atoms with E-state index in [4.69, 9.17) is 17.0 Å². The molecule has 0 unspecified atom stereocenters. The first-order chi connectivity index (χ1) is 15.9. The maximum absolute atomic E-state index is 11.9.